The van der Waals surface area contributed by atoms with Gasteiger partial charge in [0.15, 0.2) is 16.7 Å². The normalized spacial score (nSPS) is 20.0. The minimum Gasteiger partial charge on any atom is -0.461 e. The molecule has 1 aliphatic heterocycles. The number of carbonyl (C=O) groups is 2. The van der Waals surface area contributed by atoms with Crippen LogP contribution < -0.4 is 5.73 Å². The monoisotopic (exact) mass is 391 g/mol. The van der Waals surface area contributed by atoms with Gasteiger partial charge in [-0.05, 0) is 30.4 Å². The molecule has 2 unspecified atom stereocenters. The summed E-state index contributed by atoms with van der Waals surface area (Å²) in [7, 11) is 0. The highest BCUT2D eigenvalue weighted by molar-refractivity contribution is 7.99. The lowest BCUT2D eigenvalue weighted by Gasteiger charge is -2.34. The molecule has 0 aliphatic carbocycles. The van der Waals surface area contributed by atoms with Crippen LogP contribution in [0.4, 0.5) is 0 Å². The summed E-state index contributed by atoms with van der Waals surface area (Å²) in [4.78, 5) is 25.8. The molecule has 9 heteroatoms. The lowest BCUT2D eigenvalue weighted by atomic mass is 9.92. The average molecular weight is 391 g/mol. The zero-order chi connectivity index (χ0) is 19.4. The van der Waals surface area contributed by atoms with Gasteiger partial charge in [-0.2, -0.15) is 0 Å². The predicted octanol–water partition coefficient (Wildman–Crippen LogP) is 2.01. The summed E-state index contributed by atoms with van der Waals surface area (Å²) < 4.78 is 7.18. The molecule has 3 heterocycles. The Labute approximate surface area is 162 Å². The van der Waals surface area contributed by atoms with E-state index in [1.54, 1.807) is 23.0 Å². The van der Waals surface area contributed by atoms with E-state index in [0.29, 0.717) is 35.1 Å². The number of nitrogens with two attached hydrogens (primary N) is 1. The molecule has 2 aromatic rings. The van der Waals surface area contributed by atoms with Crippen LogP contribution in [0.15, 0.2) is 28.0 Å². The van der Waals surface area contributed by atoms with Crippen molar-refractivity contribution in [2.45, 2.75) is 38.4 Å². The smallest absolute Gasteiger partial charge is 0.233 e. The van der Waals surface area contributed by atoms with Gasteiger partial charge in [-0.1, -0.05) is 25.6 Å². The molecule has 1 saturated heterocycles. The SMILES string of the molecule is CC1CC(C)CN(C(=O)CSc2nnc(-c3ccco3)n2CCC(N)=O)C1. The van der Waals surface area contributed by atoms with Crippen LogP contribution in [-0.4, -0.2) is 50.3 Å². The first kappa shape index (κ1) is 19.5. The Kier molecular flexibility index (Phi) is 6.20. The standard InChI is InChI=1S/C18H25N5O3S/c1-12-8-13(2)10-22(9-12)16(25)11-27-18-21-20-17(14-4-3-7-26-14)23(18)6-5-15(19)24/h3-4,7,12-13H,5-6,8-11H2,1-2H3,(H2,19,24). The maximum absolute atomic E-state index is 12.6. The Bertz CT molecular complexity index is 779. The van der Waals surface area contributed by atoms with Crippen LogP contribution in [0.1, 0.15) is 26.7 Å². The maximum Gasteiger partial charge on any atom is 0.233 e. The quantitative estimate of drug-likeness (QED) is 0.724. The number of furan rings is 1. The van der Waals surface area contributed by atoms with E-state index >= 15 is 0 Å². The number of nitrogens with zero attached hydrogens (tertiary/aromatic N) is 4. The van der Waals surface area contributed by atoms with Crippen LogP contribution in [0, 0.1) is 11.8 Å². The van der Waals surface area contributed by atoms with Crippen LogP contribution in [0.2, 0.25) is 0 Å². The summed E-state index contributed by atoms with van der Waals surface area (Å²) in [6.45, 7) is 6.30. The summed E-state index contributed by atoms with van der Waals surface area (Å²) in [6.07, 6.45) is 2.87. The second kappa shape index (κ2) is 8.60. The van der Waals surface area contributed by atoms with Gasteiger partial charge in [-0.3, -0.25) is 14.2 Å². The van der Waals surface area contributed by atoms with Gasteiger partial charge in [-0.15, -0.1) is 10.2 Å². The fourth-order valence-electron chi connectivity index (χ4n) is 3.49. The number of hydrogen-bond donors (Lipinski definition) is 1. The Morgan fingerprint density at radius 2 is 2.04 bits per heavy atom. The third kappa shape index (κ3) is 4.91. The van der Waals surface area contributed by atoms with E-state index < -0.39 is 5.91 Å². The Balaban J connectivity index is 1.70. The topological polar surface area (TPSA) is 107 Å². The molecule has 27 heavy (non-hydrogen) atoms. The summed E-state index contributed by atoms with van der Waals surface area (Å²) >= 11 is 1.33. The Morgan fingerprint density at radius 1 is 1.30 bits per heavy atom. The number of hydrogen-bond acceptors (Lipinski definition) is 6. The van der Waals surface area contributed by atoms with E-state index in [2.05, 4.69) is 24.0 Å². The number of likely N-dealkylation sites (tertiary alicyclic amines) is 1. The first-order valence-corrected chi connectivity index (χ1v) is 10.1. The minimum absolute atomic E-state index is 0.0994. The molecule has 2 N–H and O–H groups in total. The van der Waals surface area contributed by atoms with E-state index in [1.807, 2.05) is 4.90 Å². The van der Waals surface area contributed by atoms with Crippen LogP contribution in [-0.2, 0) is 16.1 Å². The molecular formula is C18H25N5O3S. The molecule has 3 rings (SSSR count). The lowest BCUT2D eigenvalue weighted by Crippen LogP contribution is -2.43. The molecule has 8 nitrogen and oxygen atoms in total. The van der Waals surface area contributed by atoms with Gasteiger partial charge in [0.2, 0.25) is 11.8 Å². The van der Waals surface area contributed by atoms with Crippen molar-refractivity contribution in [2.75, 3.05) is 18.8 Å². The molecule has 2 amide bonds. The number of rotatable bonds is 7. The summed E-state index contributed by atoms with van der Waals surface area (Å²) in [5, 5.41) is 8.94. The molecule has 146 valence electrons. The van der Waals surface area contributed by atoms with Crippen LogP contribution in [0.3, 0.4) is 0 Å². The molecule has 0 aromatic carbocycles. The van der Waals surface area contributed by atoms with Crippen molar-refractivity contribution in [3.8, 4) is 11.6 Å². The molecule has 1 aliphatic rings. The number of primary amides is 1. The molecule has 1 fully saturated rings. The lowest BCUT2D eigenvalue weighted by molar-refractivity contribution is -0.131. The van der Waals surface area contributed by atoms with Gasteiger partial charge in [-0.25, -0.2) is 0 Å². The minimum atomic E-state index is -0.405. The summed E-state index contributed by atoms with van der Waals surface area (Å²) in [6, 6.07) is 3.54. The molecule has 0 saturated carbocycles. The molecule has 2 atom stereocenters. The highest BCUT2D eigenvalue weighted by atomic mass is 32.2. The largest absolute Gasteiger partial charge is 0.461 e. The number of thioether (sulfide) groups is 1. The van der Waals surface area contributed by atoms with Gasteiger partial charge in [0, 0.05) is 26.1 Å². The number of carbonyl (C=O) groups excluding carboxylic acids is 2. The highest BCUT2D eigenvalue weighted by Gasteiger charge is 2.26. The number of piperidine rings is 1. The molecular weight excluding hydrogens is 366 g/mol. The van der Waals surface area contributed by atoms with E-state index in [0.717, 1.165) is 19.5 Å². The van der Waals surface area contributed by atoms with Crippen molar-refractivity contribution >= 4 is 23.6 Å². The second-order valence-electron chi connectivity index (χ2n) is 7.18. The van der Waals surface area contributed by atoms with Gasteiger partial charge in [0.25, 0.3) is 0 Å². The predicted molar refractivity (Wildman–Crippen MR) is 102 cm³/mol. The van der Waals surface area contributed by atoms with Gasteiger partial charge < -0.3 is 15.1 Å². The van der Waals surface area contributed by atoms with Crippen molar-refractivity contribution in [3.05, 3.63) is 18.4 Å². The van der Waals surface area contributed by atoms with Crippen molar-refractivity contribution in [1.29, 1.82) is 0 Å². The molecule has 2 aromatic heterocycles. The van der Waals surface area contributed by atoms with E-state index in [4.69, 9.17) is 10.2 Å². The summed E-state index contributed by atoms with van der Waals surface area (Å²) in [5.41, 5.74) is 5.29. The molecule has 0 bridgehead atoms. The van der Waals surface area contributed by atoms with Gasteiger partial charge in [0.05, 0.1) is 12.0 Å². The van der Waals surface area contributed by atoms with Crippen LogP contribution >= 0.6 is 11.8 Å². The van der Waals surface area contributed by atoms with Gasteiger partial charge >= 0.3 is 0 Å². The fourth-order valence-corrected chi connectivity index (χ4v) is 4.36. The third-order valence-corrected chi connectivity index (χ3v) is 5.54. The van der Waals surface area contributed by atoms with Crippen molar-refractivity contribution in [1.82, 2.24) is 19.7 Å². The highest BCUT2D eigenvalue weighted by Crippen LogP contribution is 2.26. The maximum atomic E-state index is 12.6. The van der Waals surface area contributed by atoms with Crippen molar-refractivity contribution < 1.29 is 14.0 Å². The molecule has 0 spiro atoms. The third-order valence-electron chi connectivity index (χ3n) is 4.59. The average Bonchev–Trinajstić information content (AvgIpc) is 3.26. The first-order valence-electron chi connectivity index (χ1n) is 9.10. The Morgan fingerprint density at radius 3 is 2.67 bits per heavy atom. The Hall–Kier alpha value is -2.29. The fraction of sp³-hybridized carbons (Fsp3) is 0.556. The summed E-state index contributed by atoms with van der Waals surface area (Å²) in [5.74, 6) is 2.10. The number of aromatic nitrogens is 3. The van der Waals surface area contributed by atoms with E-state index in [-0.39, 0.29) is 18.1 Å². The van der Waals surface area contributed by atoms with E-state index in [9.17, 15) is 9.59 Å². The van der Waals surface area contributed by atoms with Crippen LogP contribution in [0.5, 0.6) is 0 Å². The van der Waals surface area contributed by atoms with Crippen LogP contribution in [0.25, 0.3) is 11.6 Å². The molecule has 0 radical (unpaired) electrons. The zero-order valence-electron chi connectivity index (χ0n) is 15.6. The van der Waals surface area contributed by atoms with E-state index in [1.165, 1.54) is 11.8 Å². The van der Waals surface area contributed by atoms with Gasteiger partial charge in [0.1, 0.15) is 0 Å². The van der Waals surface area contributed by atoms with Crippen molar-refractivity contribution in [2.24, 2.45) is 17.6 Å². The first-order chi connectivity index (χ1) is 12.9. The number of amides is 2. The van der Waals surface area contributed by atoms with Crippen molar-refractivity contribution in [3.63, 3.8) is 0 Å². The second-order valence-corrected chi connectivity index (χ2v) is 8.13. The zero-order valence-corrected chi connectivity index (χ0v) is 16.4.